The molecule has 0 spiro atoms. The normalized spacial score (nSPS) is 17.8. The summed E-state index contributed by atoms with van der Waals surface area (Å²) in [6, 6.07) is 8.28. The lowest BCUT2D eigenvalue weighted by Gasteiger charge is -2.25. The molecule has 0 heterocycles. The molecule has 0 radical (unpaired) electrons. The fraction of sp³-hybridized carbons (Fsp3) is 0.579. The first-order valence-electron chi connectivity index (χ1n) is 8.78. The van der Waals surface area contributed by atoms with Crippen molar-refractivity contribution in [3.05, 3.63) is 35.9 Å². The third-order valence-corrected chi connectivity index (χ3v) is 4.73. The number of hydrogen-bond acceptors (Lipinski definition) is 4. The molecule has 1 saturated carbocycles. The largest absolute Gasteiger partial charge is 0.467 e. The number of esters is 1. The second-order valence-corrected chi connectivity index (χ2v) is 6.62. The van der Waals surface area contributed by atoms with Gasteiger partial charge in [-0.1, -0.05) is 62.4 Å². The molecule has 2 atom stereocenters. The third kappa shape index (κ3) is 5.64. The van der Waals surface area contributed by atoms with Crippen molar-refractivity contribution in [1.29, 1.82) is 0 Å². The van der Waals surface area contributed by atoms with Gasteiger partial charge >= 0.3 is 5.97 Å². The smallest absolute Gasteiger partial charge is 0.328 e. The van der Waals surface area contributed by atoms with E-state index in [-0.39, 0.29) is 5.91 Å². The first-order valence-corrected chi connectivity index (χ1v) is 8.78. The van der Waals surface area contributed by atoms with Crippen molar-refractivity contribution in [2.75, 3.05) is 7.11 Å². The van der Waals surface area contributed by atoms with Crippen LogP contribution in [0.15, 0.2) is 30.3 Å². The third-order valence-electron chi connectivity index (χ3n) is 4.73. The zero-order valence-electron chi connectivity index (χ0n) is 14.4. The Labute approximate surface area is 143 Å². The summed E-state index contributed by atoms with van der Waals surface area (Å²) < 4.78 is 4.82. The van der Waals surface area contributed by atoms with Gasteiger partial charge < -0.3 is 15.8 Å². The minimum absolute atomic E-state index is 0.271. The molecule has 1 aliphatic rings. The molecule has 1 aromatic carbocycles. The van der Waals surface area contributed by atoms with E-state index in [1.165, 1.54) is 26.4 Å². The van der Waals surface area contributed by atoms with Crippen molar-refractivity contribution < 1.29 is 14.3 Å². The summed E-state index contributed by atoms with van der Waals surface area (Å²) in [5.41, 5.74) is 7.03. The van der Waals surface area contributed by atoms with Crippen molar-refractivity contribution in [2.45, 2.75) is 57.0 Å². The highest BCUT2D eigenvalue weighted by atomic mass is 16.5. The van der Waals surface area contributed by atoms with E-state index >= 15 is 0 Å². The van der Waals surface area contributed by atoms with Gasteiger partial charge in [-0.05, 0) is 17.9 Å². The van der Waals surface area contributed by atoms with E-state index in [4.69, 9.17) is 10.5 Å². The molecular weight excluding hydrogens is 304 g/mol. The van der Waals surface area contributed by atoms with Crippen LogP contribution in [0.5, 0.6) is 0 Å². The van der Waals surface area contributed by atoms with Gasteiger partial charge in [0.2, 0.25) is 5.91 Å². The fourth-order valence-electron chi connectivity index (χ4n) is 3.35. The van der Waals surface area contributed by atoms with Gasteiger partial charge in [0.05, 0.1) is 13.2 Å². The molecule has 0 aromatic heterocycles. The van der Waals surface area contributed by atoms with Gasteiger partial charge in [-0.25, -0.2) is 4.79 Å². The zero-order valence-corrected chi connectivity index (χ0v) is 14.4. The van der Waals surface area contributed by atoms with Crippen molar-refractivity contribution in [3.8, 4) is 0 Å². The molecule has 0 bridgehead atoms. The molecule has 132 valence electrons. The number of hydrogen-bond donors (Lipinski definition) is 2. The summed E-state index contributed by atoms with van der Waals surface area (Å²) >= 11 is 0. The highest BCUT2D eigenvalue weighted by Crippen LogP contribution is 2.27. The van der Waals surface area contributed by atoms with Crippen LogP contribution in [0.3, 0.4) is 0 Å². The van der Waals surface area contributed by atoms with E-state index in [2.05, 4.69) is 5.32 Å². The van der Waals surface area contributed by atoms with E-state index < -0.39 is 18.1 Å². The summed E-state index contributed by atoms with van der Waals surface area (Å²) in [6.45, 7) is 0. The standard InChI is InChI=1S/C19H28N2O3/c1-24-19(23)17(13-15-10-6-3-7-11-15)21-18(22)16(20)12-14-8-4-2-5-9-14/h3,6-7,10-11,14,16-17H,2,4-5,8-9,12-13,20H2,1H3,(H,21,22). The van der Waals surface area contributed by atoms with E-state index in [1.54, 1.807) is 0 Å². The number of benzene rings is 1. The summed E-state index contributed by atoms with van der Waals surface area (Å²) in [5.74, 6) is -0.200. The number of carbonyl (C=O) groups is 2. The SMILES string of the molecule is COC(=O)C(Cc1ccccc1)NC(=O)C(N)CC1CCCCC1. The zero-order chi connectivity index (χ0) is 17.4. The lowest BCUT2D eigenvalue weighted by Crippen LogP contribution is -2.50. The van der Waals surface area contributed by atoms with Gasteiger partial charge in [-0.2, -0.15) is 0 Å². The van der Waals surface area contributed by atoms with E-state index in [1.807, 2.05) is 30.3 Å². The van der Waals surface area contributed by atoms with Crippen LogP contribution >= 0.6 is 0 Å². The quantitative estimate of drug-likeness (QED) is 0.750. The van der Waals surface area contributed by atoms with E-state index in [0.717, 1.165) is 18.4 Å². The monoisotopic (exact) mass is 332 g/mol. The van der Waals surface area contributed by atoms with Gasteiger partial charge in [0.1, 0.15) is 6.04 Å². The Morgan fingerprint density at radius 1 is 1.21 bits per heavy atom. The molecule has 5 nitrogen and oxygen atoms in total. The molecule has 5 heteroatoms. The van der Waals surface area contributed by atoms with Crippen molar-refractivity contribution >= 4 is 11.9 Å². The number of methoxy groups -OCH3 is 1. The number of nitrogens with one attached hydrogen (secondary N) is 1. The van der Waals surface area contributed by atoms with Gasteiger partial charge in [-0.15, -0.1) is 0 Å². The second kappa shape index (κ2) is 9.42. The number of amides is 1. The van der Waals surface area contributed by atoms with E-state index in [0.29, 0.717) is 18.8 Å². The second-order valence-electron chi connectivity index (χ2n) is 6.62. The molecule has 2 rings (SSSR count). The Kier molecular flexibility index (Phi) is 7.25. The van der Waals surface area contributed by atoms with Crippen LogP contribution in [0.1, 0.15) is 44.1 Å². The molecule has 1 amide bonds. The van der Waals surface area contributed by atoms with E-state index in [9.17, 15) is 9.59 Å². The molecule has 3 N–H and O–H groups in total. The molecule has 1 aromatic rings. The van der Waals surface area contributed by atoms with Crippen LogP contribution < -0.4 is 11.1 Å². The van der Waals surface area contributed by atoms with Crippen molar-refractivity contribution in [2.24, 2.45) is 11.7 Å². The van der Waals surface area contributed by atoms with Crippen LogP contribution in [-0.2, 0) is 20.7 Å². The topological polar surface area (TPSA) is 81.4 Å². The Hall–Kier alpha value is -1.88. The van der Waals surface area contributed by atoms with Gasteiger partial charge in [0, 0.05) is 6.42 Å². The lowest BCUT2D eigenvalue weighted by atomic mass is 9.85. The van der Waals surface area contributed by atoms with Crippen LogP contribution in [0.4, 0.5) is 0 Å². The Balaban J connectivity index is 1.92. The first-order chi connectivity index (χ1) is 11.6. The number of nitrogens with two attached hydrogens (primary N) is 1. The lowest BCUT2D eigenvalue weighted by molar-refractivity contribution is -0.145. The Bertz CT molecular complexity index is 527. The summed E-state index contributed by atoms with van der Waals surface area (Å²) in [6.07, 6.45) is 7.09. The maximum atomic E-state index is 12.4. The highest BCUT2D eigenvalue weighted by molar-refractivity contribution is 5.87. The first kappa shape index (κ1) is 18.5. The highest BCUT2D eigenvalue weighted by Gasteiger charge is 2.26. The van der Waals surface area contributed by atoms with Gasteiger partial charge in [0.25, 0.3) is 0 Å². The average molecular weight is 332 g/mol. The molecule has 24 heavy (non-hydrogen) atoms. The predicted molar refractivity (Wildman–Crippen MR) is 93.3 cm³/mol. The van der Waals surface area contributed by atoms with Gasteiger partial charge in [-0.3, -0.25) is 4.79 Å². The average Bonchev–Trinajstić information content (AvgIpc) is 2.62. The molecule has 0 aliphatic heterocycles. The van der Waals surface area contributed by atoms with Crippen molar-refractivity contribution in [3.63, 3.8) is 0 Å². The molecule has 1 fully saturated rings. The summed E-state index contributed by atoms with van der Waals surface area (Å²) in [5, 5.41) is 2.77. The van der Waals surface area contributed by atoms with Crippen LogP contribution in [0.2, 0.25) is 0 Å². The molecular formula is C19H28N2O3. The van der Waals surface area contributed by atoms with Crippen molar-refractivity contribution in [1.82, 2.24) is 5.32 Å². The number of ether oxygens (including phenoxy) is 1. The summed E-state index contributed by atoms with van der Waals surface area (Å²) in [7, 11) is 1.33. The maximum Gasteiger partial charge on any atom is 0.328 e. The van der Waals surface area contributed by atoms with Crippen LogP contribution in [0, 0.1) is 5.92 Å². The maximum absolute atomic E-state index is 12.4. The molecule has 2 unspecified atom stereocenters. The van der Waals surface area contributed by atoms with Crippen LogP contribution in [-0.4, -0.2) is 31.1 Å². The fourth-order valence-corrected chi connectivity index (χ4v) is 3.35. The summed E-state index contributed by atoms with van der Waals surface area (Å²) in [4.78, 5) is 24.4. The molecule has 0 saturated heterocycles. The Morgan fingerprint density at radius 3 is 2.50 bits per heavy atom. The number of carbonyl (C=O) groups excluding carboxylic acids is 2. The number of rotatable bonds is 7. The van der Waals surface area contributed by atoms with Gasteiger partial charge in [0.15, 0.2) is 0 Å². The molecule has 1 aliphatic carbocycles. The Morgan fingerprint density at radius 2 is 1.88 bits per heavy atom. The minimum Gasteiger partial charge on any atom is -0.467 e. The minimum atomic E-state index is -0.706. The van der Waals surface area contributed by atoms with Crippen LogP contribution in [0.25, 0.3) is 0 Å². The predicted octanol–water partition coefficient (Wildman–Crippen LogP) is 2.18.